The Morgan fingerprint density at radius 2 is 1.67 bits per heavy atom. The molecule has 0 atom stereocenters. The van der Waals surface area contributed by atoms with Gasteiger partial charge in [0.25, 0.3) is 0 Å². The molecule has 0 amide bonds. The van der Waals surface area contributed by atoms with Crippen LogP contribution in [0.15, 0.2) is 57.0 Å². The van der Waals surface area contributed by atoms with Gasteiger partial charge in [-0.1, -0.05) is 24.3 Å². The molecule has 1 heterocycles. The van der Waals surface area contributed by atoms with Gasteiger partial charge in [-0.15, -0.1) is 0 Å². The molecule has 0 bridgehead atoms. The number of hydrogen-bond acceptors (Lipinski definition) is 2. The molecule has 0 unspecified atom stereocenters. The van der Waals surface area contributed by atoms with Crippen LogP contribution in [0.25, 0.3) is 0 Å². The zero-order valence-corrected chi connectivity index (χ0v) is 9.58. The average molecular weight is 241 g/mol. The van der Waals surface area contributed by atoms with Crippen molar-refractivity contribution in [3.63, 3.8) is 0 Å². The Labute approximate surface area is 91.7 Å². The molecule has 3 nitrogen and oxygen atoms in total. The smallest absolute Gasteiger partial charge is 0.225 e. The van der Waals surface area contributed by atoms with Crippen LogP contribution in [0, 0.1) is 0 Å². The van der Waals surface area contributed by atoms with Gasteiger partial charge >= 0.3 is 0 Å². The molecule has 0 saturated heterocycles. The van der Waals surface area contributed by atoms with Crippen LogP contribution in [0.4, 0.5) is 0 Å². The van der Waals surface area contributed by atoms with Crippen molar-refractivity contribution in [1.29, 1.82) is 0 Å². The van der Waals surface area contributed by atoms with E-state index in [1.165, 1.54) is 0 Å². The molecule has 0 radical (unpaired) electrons. The SMILES string of the molecule is NS(=O)(=O)c1ccccc1[SH]1C=CC=C1. The number of benzene rings is 1. The van der Waals surface area contributed by atoms with Gasteiger partial charge in [0.05, 0.1) is 4.90 Å². The van der Waals surface area contributed by atoms with Gasteiger partial charge in [-0.25, -0.2) is 13.6 Å². The van der Waals surface area contributed by atoms with Gasteiger partial charge in [0.2, 0.25) is 10.0 Å². The summed E-state index contributed by atoms with van der Waals surface area (Å²) in [6.07, 6.45) is 3.84. The second-order valence-electron chi connectivity index (χ2n) is 3.10. The van der Waals surface area contributed by atoms with Gasteiger partial charge in [0, 0.05) is 4.90 Å². The molecule has 2 rings (SSSR count). The molecule has 0 aromatic heterocycles. The molecule has 1 aliphatic heterocycles. The zero-order chi connectivity index (χ0) is 10.9. The Bertz CT molecular complexity index is 520. The Hall–Kier alpha value is -1.04. The van der Waals surface area contributed by atoms with E-state index in [4.69, 9.17) is 5.14 Å². The largest absolute Gasteiger partial charge is 0.239 e. The van der Waals surface area contributed by atoms with Gasteiger partial charge in [-0.3, -0.25) is 0 Å². The Morgan fingerprint density at radius 3 is 2.27 bits per heavy atom. The summed E-state index contributed by atoms with van der Waals surface area (Å²) >= 11 is 0. The molecule has 0 aliphatic carbocycles. The van der Waals surface area contributed by atoms with Gasteiger partial charge in [-0.2, -0.15) is 10.9 Å². The normalized spacial score (nSPS) is 17.3. The highest BCUT2D eigenvalue weighted by Crippen LogP contribution is 2.44. The maximum atomic E-state index is 11.4. The molecule has 1 aliphatic rings. The summed E-state index contributed by atoms with van der Waals surface area (Å²) in [6, 6.07) is 6.87. The van der Waals surface area contributed by atoms with E-state index in [9.17, 15) is 8.42 Å². The van der Waals surface area contributed by atoms with Gasteiger partial charge < -0.3 is 0 Å². The Kier molecular flexibility index (Phi) is 2.68. The lowest BCUT2D eigenvalue weighted by molar-refractivity contribution is 0.596. The highest BCUT2D eigenvalue weighted by atomic mass is 32.2. The summed E-state index contributed by atoms with van der Waals surface area (Å²) < 4.78 is 22.7. The molecule has 0 spiro atoms. The van der Waals surface area contributed by atoms with E-state index in [0.29, 0.717) is 0 Å². The van der Waals surface area contributed by atoms with Crippen molar-refractivity contribution >= 4 is 20.9 Å². The summed E-state index contributed by atoms with van der Waals surface area (Å²) in [5, 5.41) is 9.16. The number of nitrogens with two attached hydrogens (primary N) is 1. The van der Waals surface area contributed by atoms with Gasteiger partial charge in [-0.05, 0) is 22.9 Å². The van der Waals surface area contributed by atoms with Crippen LogP contribution < -0.4 is 5.14 Å². The quantitative estimate of drug-likeness (QED) is 0.775. The van der Waals surface area contributed by atoms with Crippen molar-refractivity contribution in [2.24, 2.45) is 5.14 Å². The monoisotopic (exact) mass is 241 g/mol. The number of sulfonamides is 1. The first-order valence-electron chi connectivity index (χ1n) is 4.34. The number of primary sulfonamides is 1. The van der Waals surface area contributed by atoms with Crippen LogP contribution in [0.3, 0.4) is 0 Å². The molecular formula is C10H11NO2S2. The lowest BCUT2D eigenvalue weighted by Gasteiger charge is -2.13. The fourth-order valence-electron chi connectivity index (χ4n) is 1.41. The maximum Gasteiger partial charge on any atom is 0.239 e. The summed E-state index contributed by atoms with van der Waals surface area (Å²) in [6.45, 7) is 0. The fraction of sp³-hybridized carbons (Fsp3) is 0. The first-order chi connectivity index (χ1) is 7.09. The summed E-state index contributed by atoms with van der Waals surface area (Å²) in [5.41, 5.74) is 0. The molecule has 0 fully saturated rings. The van der Waals surface area contributed by atoms with Crippen molar-refractivity contribution in [3.8, 4) is 0 Å². The molecule has 0 saturated carbocycles. The van der Waals surface area contributed by atoms with E-state index >= 15 is 0 Å². The fourth-order valence-corrected chi connectivity index (χ4v) is 4.31. The lowest BCUT2D eigenvalue weighted by atomic mass is 10.4. The third-order valence-electron chi connectivity index (χ3n) is 2.05. The predicted octanol–water partition coefficient (Wildman–Crippen LogP) is 1.74. The second kappa shape index (κ2) is 3.84. The van der Waals surface area contributed by atoms with Crippen molar-refractivity contribution in [3.05, 3.63) is 47.2 Å². The molecule has 1 aromatic carbocycles. The van der Waals surface area contributed by atoms with Crippen LogP contribution in [-0.2, 0) is 10.0 Å². The highest BCUT2D eigenvalue weighted by molar-refractivity contribution is 8.22. The molecular weight excluding hydrogens is 230 g/mol. The summed E-state index contributed by atoms with van der Waals surface area (Å²) in [7, 11) is -4.27. The first kappa shape index (κ1) is 10.5. The maximum absolute atomic E-state index is 11.4. The molecule has 2 N–H and O–H groups in total. The van der Waals surface area contributed by atoms with E-state index in [2.05, 4.69) is 0 Å². The Morgan fingerprint density at radius 1 is 1.07 bits per heavy atom. The van der Waals surface area contributed by atoms with Crippen molar-refractivity contribution in [2.45, 2.75) is 9.79 Å². The van der Waals surface area contributed by atoms with E-state index in [-0.39, 0.29) is 4.90 Å². The van der Waals surface area contributed by atoms with Gasteiger partial charge in [0.15, 0.2) is 0 Å². The Balaban J connectivity index is 2.57. The van der Waals surface area contributed by atoms with Crippen LogP contribution in [0.2, 0.25) is 0 Å². The topological polar surface area (TPSA) is 60.2 Å². The average Bonchev–Trinajstić information content (AvgIpc) is 2.69. The molecule has 15 heavy (non-hydrogen) atoms. The number of hydrogen-bond donors (Lipinski definition) is 2. The summed E-state index contributed by atoms with van der Waals surface area (Å²) in [4.78, 5) is 1.02. The van der Waals surface area contributed by atoms with Crippen molar-refractivity contribution in [2.75, 3.05) is 0 Å². The minimum absolute atomic E-state index is 0.229. The van der Waals surface area contributed by atoms with Crippen LogP contribution in [-0.4, -0.2) is 8.42 Å². The molecule has 80 valence electrons. The minimum atomic E-state index is -3.62. The van der Waals surface area contributed by atoms with Crippen molar-refractivity contribution < 1.29 is 8.42 Å². The third kappa shape index (κ3) is 2.14. The van der Waals surface area contributed by atoms with Crippen LogP contribution >= 0.6 is 10.9 Å². The van der Waals surface area contributed by atoms with E-state index in [1.54, 1.807) is 12.1 Å². The highest BCUT2D eigenvalue weighted by Gasteiger charge is 2.16. The molecule has 5 heteroatoms. The number of rotatable bonds is 2. The van der Waals surface area contributed by atoms with E-state index in [1.807, 2.05) is 35.1 Å². The minimum Gasteiger partial charge on any atom is -0.225 e. The van der Waals surface area contributed by atoms with Crippen LogP contribution in [0.1, 0.15) is 0 Å². The van der Waals surface area contributed by atoms with Crippen LogP contribution in [0.5, 0.6) is 0 Å². The standard InChI is InChI=1S/C10H11NO2S2/c11-15(12,13)10-6-2-1-5-9(10)14-7-3-4-8-14/h1-8,14H,(H2,11,12,13). The first-order valence-corrected chi connectivity index (χ1v) is 7.37. The summed E-state index contributed by atoms with van der Waals surface area (Å²) in [5.74, 6) is 0. The van der Waals surface area contributed by atoms with Crippen molar-refractivity contribution in [1.82, 2.24) is 0 Å². The van der Waals surface area contributed by atoms with Gasteiger partial charge in [0.1, 0.15) is 0 Å². The zero-order valence-electron chi connectivity index (χ0n) is 7.87. The van der Waals surface area contributed by atoms with E-state index < -0.39 is 20.9 Å². The third-order valence-corrected chi connectivity index (χ3v) is 5.11. The molecule has 1 aromatic rings. The number of allylic oxidation sites excluding steroid dienone is 2. The second-order valence-corrected chi connectivity index (χ2v) is 6.53. The van der Waals surface area contributed by atoms with E-state index in [0.717, 1.165) is 4.90 Å². The number of thiol groups is 1. The lowest BCUT2D eigenvalue weighted by Crippen LogP contribution is -2.13. The predicted molar refractivity (Wildman–Crippen MR) is 63.3 cm³/mol.